The van der Waals surface area contributed by atoms with Crippen molar-refractivity contribution in [2.24, 2.45) is 5.92 Å². The fourth-order valence-corrected chi connectivity index (χ4v) is 3.47. The monoisotopic (exact) mass is 429 g/mol. The Kier molecular flexibility index (Phi) is 8.40. The van der Waals surface area contributed by atoms with Crippen LogP contribution >= 0.6 is 23.2 Å². The molecule has 0 spiro atoms. The number of alkyl carbamates (subject to hydrolysis) is 1. The molecule has 2 rings (SSSR count). The fourth-order valence-electron chi connectivity index (χ4n) is 3.13. The predicted octanol–water partition coefficient (Wildman–Crippen LogP) is 4.56. The first-order valence-electron chi connectivity index (χ1n) is 9.56. The lowest BCUT2D eigenvalue weighted by Crippen LogP contribution is -2.42. The van der Waals surface area contributed by atoms with Gasteiger partial charge in [-0.25, -0.2) is 4.79 Å². The average Bonchev–Trinajstić information content (AvgIpc) is 2.60. The molecule has 1 aromatic carbocycles. The molecule has 1 heterocycles. The highest BCUT2D eigenvalue weighted by molar-refractivity contribution is 6.35. The number of piperidine rings is 1. The van der Waals surface area contributed by atoms with Gasteiger partial charge >= 0.3 is 6.09 Å². The highest BCUT2D eigenvalue weighted by atomic mass is 35.5. The van der Waals surface area contributed by atoms with Crippen LogP contribution in [0.15, 0.2) is 18.2 Å². The Morgan fingerprint density at radius 1 is 1.29 bits per heavy atom. The Labute approximate surface area is 176 Å². The van der Waals surface area contributed by atoms with Crippen molar-refractivity contribution < 1.29 is 14.3 Å². The molecule has 156 valence electrons. The minimum Gasteiger partial charge on any atom is -0.444 e. The second-order valence-electron chi connectivity index (χ2n) is 8.11. The van der Waals surface area contributed by atoms with Crippen molar-refractivity contribution >= 4 is 40.9 Å². The molecular formula is C20H29Cl2N3O3. The van der Waals surface area contributed by atoms with E-state index in [1.807, 2.05) is 20.8 Å². The Morgan fingerprint density at radius 3 is 2.75 bits per heavy atom. The van der Waals surface area contributed by atoms with Crippen molar-refractivity contribution in [3.63, 3.8) is 0 Å². The van der Waals surface area contributed by atoms with E-state index in [1.54, 1.807) is 18.2 Å². The SMILES string of the molecule is CC(C)(C)OC(=O)NCC1CCCN(CCC(=O)Nc2cc(Cl)ccc2Cl)C1. The summed E-state index contributed by atoms with van der Waals surface area (Å²) in [5, 5.41) is 6.64. The summed E-state index contributed by atoms with van der Waals surface area (Å²) in [6.07, 6.45) is 2.08. The van der Waals surface area contributed by atoms with E-state index in [4.69, 9.17) is 27.9 Å². The molecule has 0 aromatic heterocycles. The molecule has 0 aliphatic carbocycles. The maximum absolute atomic E-state index is 12.2. The summed E-state index contributed by atoms with van der Waals surface area (Å²) in [5.41, 5.74) is 0.0271. The first-order chi connectivity index (χ1) is 13.1. The van der Waals surface area contributed by atoms with Crippen LogP contribution in [0.1, 0.15) is 40.0 Å². The van der Waals surface area contributed by atoms with E-state index in [2.05, 4.69) is 15.5 Å². The standard InChI is InChI=1S/C20H29Cl2N3O3/c1-20(2,3)28-19(27)23-12-14-5-4-9-25(13-14)10-8-18(26)24-17-11-15(21)6-7-16(17)22/h6-7,11,14H,4-5,8-10,12-13H2,1-3H3,(H,23,27)(H,24,26). The number of hydrogen-bond donors (Lipinski definition) is 2. The van der Waals surface area contributed by atoms with Crippen molar-refractivity contribution in [3.8, 4) is 0 Å². The average molecular weight is 430 g/mol. The molecule has 6 nitrogen and oxygen atoms in total. The van der Waals surface area contributed by atoms with Crippen LogP contribution in [0, 0.1) is 5.92 Å². The van der Waals surface area contributed by atoms with Gasteiger partial charge in [0.2, 0.25) is 5.91 Å². The van der Waals surface area contributed by atoms with Crippen LogP contribution < -0.4 is 10.6 Å². The normalized spacial score (nSPS) is 17.8. The number of amides is 2. The van der Waals surface area contributed by atoms with Crippen molar-refractivity contribution in [1.29, 1.82) is 0 Å². The predicted molar refractivity (Wildman–Crippen MR) is 113 cm³/mol. The second kappa shape index (κ2) is 10.3. The van der Waals surface area contributed by atoms with E-state index >= 15 is 0 Å². The molecule has 28 heavy (non-hydrogen) atoms. The van der Waals surface area contributed by atoms with Crippen molar-refractivity contribution in [3.05, 3.63) is 28.2 Å². The summed E-state index contributed by atoms with van der Waals surface area (Å²) in [5.74, 6) is 0.255. The van der Waals surface area contributed by atoms with Gasteiger partial charge in [0.1, 0.15) is 5.60 Å². The van der Waals surface area contributed by atoms with Gasteiger partial charge in [0.05, 0.1) is 10.7 Å². The van der Waals surface area contributed by atoms with Gasteiger partial charge in [0.25, 0.3) is 0 Å². The summed E-state index contributed by atoms with van der Waals surface area (Å²) < 4.78 is 5.27. The number of anilines is 1. The van der Waals surface area contributed by atoms with Crippen LogP contribution in [0.3, 0.4) is 0 Å². The maximum atomic E-state index is 12.2. The number of rotatable bonds is 6. The zero-order valence-corrected chi connectivity index (χ0v) is 18.2. The minimum absolute atomic E-state index is 0.0989. The Morgan fingerprint density at radius 2 is 2.04 bits per heavy atom. The third-order valence-electron chi connectivity index (χ3n) is 4.39. The molecule has 1 atom stereocenters. The van der Waals surface area contributed by atoms with Gasteiger partial charge in [0.15, 0.2) is 0 Å². The molecule has 8 heteroatoms. The van der Waals surface area contributed by atoms with Crippen LogP contribution in [0.2, 0.25) is 10.0 Å². The van der Waals surface area contributed by atoms with Crippen LogP contribution in [-0.2, 0) is 9.53 Å². The Balaban J connectivity index is 1.73. The van der Waals surface area contributed by atoms with E-state index in [0.29, 0.717) is 41.2 Å². The number of carbonyl (C=O) groups is 2. The van der Waals surface area contributed by atoms with E-state index < -0.39 is 5.60 Å². The fraction of sp³-hybridized carbons (Fsp3) is 0.600. The summed E-state index contributed by atoms with van der Waals surface area (Å²) >= 11 is 12.0. The maximum Gasteiger partial charge on any atom is 0.407 e. The van der Waals surface area contributed by atoms with Gasteiger partial charge in [-0.3, -0.25) is 4.79 Å². The van der Waals surface area contributed by atoms with Crippen LogP contribution in [0.4, 0.5) is 10.5 Å². The van der Waals surface area contributed by atoms with Crippen LogP contribution in [0.25, 0.3) is 0 Å². The highest BCUT2D eigenvalue weighted by Crippen LogP contribution is 2.25. The molecule has 1 fully saturated rings. The summed E-state index contributed by atoms with van der Waals surface area (Å²) in [7, 11) is 0. The molecule has 1 aromatic rings. The largest absolute Gasteiger partial charge is 0.444 e. The molecule has 0 radical (unpaired) electrons. The zero-order chi connectivity index (χ0) is 20.7. The summed E-state index contributed by atoms with van der Waals surface area (Å²) in [6.45, 7) is 8.57. The first-order valence-corrected chi connectivity index (χ1v) is 10.3. The lowest BCUT2D eigenvalue weighted by atomic mass is 9.98. The van der Waals surface area contributed by atoms with Crippen molar-refractivity contribution in [2.75, 3.05) is 31.5 Å². The van der Waals surface area contributed by atoms with Crippen LogP contribution in [0.5, 0.6) is 0 Å². The molecule has 0 bridgehead atoms. The molecule has 1 aliphatic heterocycles. The number of benzene rings is 1. The molecule has 2 N–H and O–H groups in total. The highest BCUT2D eigenvalue weighted by Gasteiger charge is 2.22. The molecular weight excluding hydrogens is 401 g/mol. The van der Waals surface area contributed by atoms with Crippen LogP contribution in [-0.4, -0.2) is 48.7 Å². The van der Waals surface area contributed by atoms with E-state index in [9.17, 15) is 9.59 Å². The molecule has 0 saturated carbocycles. The summed E-state index contributed by atoms with van der Waals surface area (Å²) in [4.78, 5) is 26.3. The topological polar surface area (TPSA) is 70.7 Å². The third-order valence-corrected chi connectivity index (χ3v) is 4.96. The number of halogens is 2. The number of carbonyl (C=O) groups excluding carboxylic acids is 2. The number of ether oxygens (including phenoxy) is 1. The second-order valence-corrected chi connectivity index (χ2v) is 8.96. The molecule has 1 saturated heterocycles. The van der Waals surface area contributed by atoms with Gasteiger partial charge in [-0.1, -0.05) is 23.2 Å². The van der Waals surface area contributed by atoms with E-state index in [0.717, 1.165) is 25.9 Å². The molecule has 2 amide bonds. The Bertz CT molecular complexity index is 692. The number of nitrogens with one attached hydrogen (secondary N) is 2. The first kappa shape index (κ1) is 22.8. The smallest absolute Gasteiger partial charge is 0.407 e. The third kappa shape index (κ3) is 8.25. The lowest BCUT2D eigenvalue weighted by Gasteiger charge is -2.32. The number of likely N-dealkylation sites (tertiary alicyclic amines) is 1. The van der Waals surface area contributed by atoms with Gasteiger partial charge in [-0.05, 0) is 64.3 Å². The summed E-state index contributed by atoms with van der Waals surface area (Å²) in [6, 6.07) is 4.98. The Hall–Kier alpha value is -1.50. The zero-order valence-electron chi connectivity index (χ0n) is 16.7. The van der Waals surface area contributed by atoms with Gasteiger partial charge in [-0.2, -0.15) is 0 Å². The van der Waals surface area contributed by atoms with Crippen molar-refractivity contribution in [1.82, 2.24) is 10.2 Å². The van der Waals surface area contributed by atoms with Gasteiger partial charge in [0, 0.05) is 31.1 Å². The molecule has 1 aliphatic rings. The van der Waals surface area contributed by atoms with Gasteiger partial charge < -0.3 is 20.3 Å². The van der Waals surface area contributed by atoms with Gasteiger partial charge in [-0.15, -0.1) is 0 Å². The van der Waals surface area contributed by atoms with E-state index in [-0.39, 0.29) is 12.0 Å². The lowest BCUT2D eigenvalue weighted by molar-refractivity contribution is -0.116. The minimum atomic E-state index is -0.498. The van der Waals surface area contributed by atoms with Crippen molar-refractivity contribution in [2.45, 2.75) is 45.6 Å². The quantitative estimate of drug-likeness (QED) is 0.694. The number of hydrogen-bond acceptors (Lipinski definition) is 4. The number of nitrogens with zero attached hydrogens (tertiary/aromatic N) is 1. The van der Waals surface area contributed by atoms with E-state index in [1.165, 1.54) is 0 Å². The molecule has 1 unspecified atom stereocenters.